The van der Waals surface area contributed by atoms with Crippen molar-refractivity contribution in [3.05, 3.63) is 0 Å². The summed E-state index contributed by atoms with van der Waals surface area (Å²) in [5, 5.41) is 8.66. The lowest BCUT2D eigenvalue weighted by Gasteiger charge is -2.34. The Balaban J connectivity index is 2.26. The minimum Gasteiger partial charge on any atom is -0.480 e. The van der Waals surface area contributed by atoms with Crippen LogP contribution in [0.5, 0.6) is 0 Å². The van der Waals surface area contributed by atoms with Gasteiger partial charge in [0.15, 0.2) is 0 Å². The van der Waals surface area contributed by atoms with Crippen molar-refractivity contribution in [3.63, 3.8) is 0 Å². The Bertz CT molecular complexity index is 271. The van der Waals surface area contributed by atoms with Crippen LogP contribution >= 0.6 is 0 Å². The number of carboxylic acids is 1. The fraction of sp³-hybridized carbons (Fsp3) is 0.833. The lowest BCUT2D eigenvalue weighted by Crippen LogP contribution is -2.49. The van der Waals surface area contributed by atoms with E-state index in [0.717, 1.165) is 6.42 Å². The molecule has 1 N–H and O–H groups in total. The Hall–Kier alpha value is -1.10. The van der Waals surface area contributed by atoms with Gasteiger partial charge in [0.2, 0.25) is 5.91 Å². The summed E-state index contributed by atoms with van der Waals surface area (Å²) in [6.45, 7) is 6.94. The van der Waals surface area contributed by atoms with Gasteiger partial charge in [0.25, 0.3) is 0 Å². The van der Waals surface area contributed by atoms with Crippen molar-refractivity contribution in [2.45, 2.75) is 26.7 Å². The van der Waals surface area contributed by atoms with E-state index >= 15 is 0 Å². The molecule has 1 heterocycles. The van der Waals surface area contributed by atoms with Gasteiger partial charge < -0.3 is 10.0 Å². The number of hydrogen-bond donors (Lipinski definition) is 1. The van der Waals surface area contributed by atoms with Crippen molar-refractivity contribution in [3.8, 4) is 0 Å². The standard InChI is InChI=1S/C12H22N2O3/c1-10(2)3-4-11(15)14-7-5-13(6-8-14)9-12(16)17/h10H,3-9H2,1-2H3,(H,16,17). The predicted octanol–water partition coefficient (Wildman–Crippen LogP) is 0.651. The quantitative estimate of drug-likeness (QED) is 0.769. The molecule has 5 heteroatoms. The third-order valence-corrected chi connectivity index (χ3v) is 3.02. The average Bonchev–Trinajstić information content (AvgIpc) is 2.26. The molecule has 0 bridgehead atoms. The molecule has 0 saturated carbocycles. The number of aliphatic carboxylic acids is 1. The van der Waals surface area contributed by atoms with Gasteiger partial charge in [-0.25, -0.2) is 0 Å². The third kappa shape index (κ3) is 5.17. The molecule has 1 fully saturated rings. The Morgan fingerprint density at radius 1 is 1.18 bits per heavy atom. The smallest absolute Gasteiger partial charge is 0.317 e. The number of rotatable bonds is 5. The molecule has 0 radical (unpaired) electrons. The van der Waals surface area contributed by atoms with Crippen molar-refractivity contribution < 1.29 is 14.7 Å². The molecule has 98 valence electrons. The highest BCUT2D eigenvalue weighted by atomic mass is 16.4. The third-order valence-electron chi connectivity index (χ3n) is 3.02. The van der Waals surface area contributed by atoms with Crippen LogP contribution in [0, 0.1) is 5.92 Å². The van der Waals surface area contributed by atoms with Crippen LogP contribution in [0.1, 0.15) is 26.7 Å². The second kappa shape index (κ2) is 6.59. The van der Waals surface area contributed by atoms with Crippen LogP contribution in [-0.4, -0.2) is 59.5 Å². The maximum absolute atomic E-state index is 11.8. The molecule has 1 saturated heterocycles. The predicted molar refractivity (Wildman–Crippen MR) is 64.7 cm³/mol. The number of carboxylic acid groups (broad SMARTS) is 1. The van der Waals surface area contributed by atoms with Crippen molar-refractivity contribution in [1.29, 1.82) is 0 Å². The Morgan fingerprint density at radius 2 is 1.76 bits per heavy atom. The average molecular weight is 242 g/mol. The van der Waals surface area contributed by atoms with Gasteiger partial charge in [0.1, 0.15) is 0 Å². The minimum atomic E-state index is -0.801. The van der Waals surface area contributed by atoms with E-state index in [2.05, 4.69) is 13.8 Å². The van der Waals surface area contributed by atoms with E-state index in [9.17, 15) is 9.59 Å². The molecule has 0 spiro atoms. The number of piperazine rings is 1. The molecule has 0 aromatic rings. The summed E-state index contributed by atoms with van der Waals surface area (Å²) in [6.07, 6.45) is 1.53. The fourth-order valence-corrected chi connectivity index (χ4v) is 1.92. The summed E-state index contributed by atoms with van der Waals surface area (Å²) in [5.74, 6) is -0.0505. The number of carbonyl (C=O) groups excluding carboxylic acids is 1. The maximum Gasteiger partial charge on any atom is 0.317 e. The van der Waals surface area contributed by atoms with Gasteiger partial charge in [-0.1, -0.05) is 13.8 Å². The van der Waals surface area contributed by atoms with Gasteiger partial charge in [-0.05, 0) is 12.3 Å². The van der Waals surface area contributed by atoms with Crippen LogP contribution in [0.3, 0.4) is 0 Å². The summed E-state index contributed by atoms with van der Waals surface area (Å²) in [5.41, 5.74) is 0. The fourth-order valence-electron chi connectivity index (χ4n) is 1.92. The van der Waals surface area contributed by atoms with E-state index in [1.165, 1.54) is 0 Å². The molecule has 0 aliphatic carbocycles. The number of amides is 1. The minimum absolute atomic E-state index is 0.0774. The summed E-state index contributed by atoms with van der Waals surface area (Å²) >= 11 is 0. The van der Waals surface area contributed by atoms with Gasteiger partial charge in [-0.3, -0.25) is 14.5 Å². The molecule has 0 aromatic heterocycles. The number of nitrogens with zero attached hydrogens (tertiary/aromatic N) is 2. The van der Waals surface area contributed by atoms with Crippen LogP contribution < -0.4 is 0 Å². The summed E-state index contributed by atoms with van der Waals surface area (Å²) in [6, 6.07) is 0. The summed E-state index contributed by atoms with van der Waals surface area (Å²) < 4.78 is 0. The SMILES string of the molecule is CC(C)CCC(=O)N1CCN(CC(=O)O)CC1. The lowest BCUT2D eigenvalue weighted by atomic mass is 10.1. The highest BCUT2D eigenvalue weighted by molar-refractivity contribution is 5.76. The van der Waals surface area contributed by atoms with Crippen molar-refractivity contribution >= 4 is 11.9 Å². The van der Waals surface area contributed by atoms with Crippen molar-refractivity contribution in [2.75, 3.05) is 32.7 Å². The molecular formula is C12H22N2O3. The normalized spacial score (nSPS) is 17.5. The van der Waals surface area contributed by atoms with E-state index in [1.807, 2.05) is 9.80 Å². The summed E-state index contributed by atoms with van der Waals surface area (Å²) in [4.78, 5) is 26.1. The van der Waals surface area contributed by atoms with E-state index in [0.29, 0.717) is 38.5 Å². The molecule has 0 atom stereocenters. The zero-order valence-electron chi connectivity index (χ0n) is 10.7. The van der Waals surface area contributed by atoms with Crippen LogP contribution in [-0.2, 0) is 9.59 Å². The second-order valence-electron chi connectivity index (χ2n) is 4.98. The zero-order chi connectivity index (χ0) is 12.8. The van der Waals surface area contributed by atoms with E-state index in [4.69, 9.17) is 5.11 Å². The van der Waals surface area contributed by atoms with Crippen LogP contribution in [0.25, 0.3) is 0 Å². The van der Waals surface area contributed by atoms with Crippen LogP contribution in [0.2, 0.25) is 0 Å². The Labute approximate surface area is 102 Å². The topological polar surface area (TPSA) is 60.9 Å². The second-order valence-corrected chi connectivity index (χ2v) is 4.98. The Kier molecular flexibility index (Phi) is 5.41. The number of carbonyl (C=O) groups is 2. The lowest BCUT2D eigenvalue weighted by molar-refractivity contribution is -0.139. The molecular weight excluding hydrogens is 220 g/mol. The van der Waals surface area contributed by atoms with E-state index in [-0.39, 0.29) is 12.5 Å². The first-order chi connectivity index (χ1) is 7.99. The number of hydrogen-bond acceptors (Lipinski definition) is 3. The molecule has 1 rings (SSSR count). The largest absolute Gasteiger partial charge is 0.480 e. The molecule has 1 aliphatic heterocycles. The van der Waals surface area contributed by atoms with Gasteiger partial charge in [-0.15, -0.1) is 0 Å². The first kappa shape index (κ1) is 14.0. The van der Waals surface area contributed by atoms with Gasteiger partial charge in [0.05, 0.1) is 6.54 Å². The molecule has 0 unspecified atom stereocenters. The molecule has 1 amide bonds. The van der Waals surface area contributed by atoms with Gasteiger partial charge in [-0.2, -0.15) is 0 Å². The first-order valence-electron chi connectivity index (χ1n) is 6.21. The first-order valence-corrected chi connectivity index (χ1v) is 6.21. The van der Waals surface area contributed by atoms with Crippen molar-refractivity contribution in [2.24, 2.45) is 5.92 Å². The van der Waals surface area contributed by atoms with Crippen LogP contribution in [0.4, 0.5) is 0 Å². The van der Waals surface area contributed by atoms with Gasteiger partial charge >= 0.3 is 5.97 Å². The van der Waals surface area contributed by atoms with E-state index in [1.54, 1.807) is 0 Å². The Morgan fingerprint density at radius 3 is 2.24 bits per heavy atom. The van der Waals surface area contributed by atoms with Crippen LogP contribution in [0.15, 0.2) is 0 Å². The maximum atomic E-state index is 11.8. The highest BCUT2D eigenvalue weighted by Crippen LogP contribution is 2.08. The zero-order valence-corrected chi connectivity index (χ0v) is 10.7. The molecule has 5 nitrogen and oxygen atoms in total. The highest BCUT2D eigenvalue weighted by Gasteiger charge is 2.21. The van der Waals surface area contributed by atoms with Crippen molar-refractivity contribution in [1.82, 2.24) is 9.80 Å². The van der Waals surface area contributed by atoms with Gasteiger partial charge in [0, 0.05) is 32.6 Å². The monoisotopic (exact) mass is 242 g/mol. The molecule has 1 aliphatic rings. The molecule has 17 heavy (non-hydrogen) atoms. The van der Waals surface area contributed by atoms with E-state index < -0.39 is 5.97 Å². The summed E-state index contributed by atoms with van der Waals surface area (Å²) in [7, 11) is 0. The molecule has 0 aromatic carbocycles.